The molecule has 1 aromatic heterocycles. The topological polar surface area (TPSA) is 67.3 Å². The summed E-state index contributed by atoms with van der Waals surface area (Å²) in [4.78, 5) is 19.0. The van der Waals surface area contributed by atoms with E-state index in [-0.39, 0.29) is 23.3 Å². The van der Waals surface area contributed by atoms with Gasteiger partial charge in [0.15, 0.2) is 9.84 Å². The Hall–Kier alpha value is -1.43. The minimum atomic E-state index is -2.94. The molecule has 1 unspecified atom stereocenters. The van der Waals surface area contributed by atoms with Gasteiger partial charge in [0, 0.05) is 19.2 Å². The summed E-state index contributed by atoms with van der Waals surface area (Å²) in [5.41, 5.74) is 0. The number of rotatable bonds is 5. The fraction of sp³-hybridized carbons (Fsp3) is 0.667. The summed E-state index contributed by atoms with van der Waals surface area (Å²) in [6, 6.07) is 5.60. The van der Waals surface area contributed by atoms with E-state index in [1.807, 2.05) is 18.2 Å². The number of sulfone groups is 1. The number of aromatic nitrogens is 1. The molecule has 5 nitrogen and oxygen atoms in total. The van der Waals surface area contributed by atoms with Crippen molar-refractivity contribution in [1.82, 2.24) is 4.98 Å². The number of carbonyl (C=O) groups excluding carboxylic acids is 1. The lowest BCUT2D eigenvalue weighted by Gasteiger charge is -2.29. The van der Waals surface area contributed by atoms with Gasteiger partial charge in [0.25, 0.3) is 0 Å². The summed E-state index contributed by atoms with van der Waals surface area (Å²) in [6.45, 7) is 0.704. The summed E-state index contributed by atoms with van der Waals surface area (Å²) in [5, 5.41) is 0. The third-order valence-corrected chi connectivity index (χ3v) is 7.02. The molecule has 1 saturated heterocycles. The van der Waals surface area contributed by atoms with Crippen molar-refractivity contribution in [3.63, 3.8) is 0 Å². The van der Waals surface area contributed by atoms with Gasteiger partial charge < -0.3 is 0 Å². The average Bonchev–Trinajstić information content (AvgIpc) is 2.93. The van der Waals surface area contributed by atoms with Crippen LogP contribution in [0.15, 0.2) is 24.4 Å². The first-order valence-corrected chi connectivity index (χ1v) is 10.8. The number of hydrogen-bond acceptors (Lipinski definition) is 4. The van der Waals surface area contributed by atoms with Crippen LogP contribution in [-0.4, -0.2) is 37.4 Å². The molecule has 2 heterocycles. The summed E-state index contributed by atoms with van der Waals surface area (Å²) in [7, 11) is -2.94. The quantitative estimate of drug-likeness (QED) is 0.819. The Labute approximate surface area is 144 Å². The SMILES string of the molecule is O=C(CC1CCS(=O)(=O)C1)N(CC1CCCCC1)c1ccccn1. The summed E-state index contributed by atoms with van der Waals surface area (Å²) < 4.78 is 23.3. The van der Waals surface area contributed by atoms with Crippen molar-refractivity contribution in [2.24, 2.45) is 11.8 Å². The Bertz CT molecular complexity index is 654. The van der Waals surface area contributed by atoms with Gasteiger partial charge in [-0.2, -0.15) is 0 Å². The third kappa shape index (κ3) is 4.56. The third-order valence-electron chi connectivity index (χ3n) is 5.18. The summed E-state index contributed by atoms with van der Waals surface area (Å²) in [5.74, 6) is 1.56. The van der Waals surface area contributed by atoms with Gasteiger partial charge >= 0.3 is 0 Å². The molecule has 1 amide bonds. The molecule has 0 radical (unpaired) electrons. The zero-order valence-corrected chi connectivity index (χ0v) is 14.9. The van der Waals surface area contributed by atoms with E-state index in [2.05, 4.69) is 4.98 Å². The van der Waals surface area contributed by atoms with Crippen molar-refractivity contribution in [3.8, 4) is 0 Å². The number of pyridine rings is 1. The maximum Gasteiger partial charge on any atom is 0.228 e. The zero-order valence-electron chi connectivity index (χ0n) is 14.1. The molecule has 1 aromatic rings. The minimum absolute atomic E-state index is 0.0152. The molecule has 1 saturated carbocycles. The maximum absolute atomic E-state index is 12.9. The first-order chi connectivity index (χ1) is 11.5. The van der Waals surface area contributed by atoms with Gasteiger partial charge in [0.05, 0.1) is 11.5 Å². The van der Waals surface area contributed by atoms with E-state index < -0.39 is 9.84 Å². The lowest BCUT2D eigenvalue weighted by molar-refractivity contribution is -0.119. The molecule has 132 valence electrons. The Morgan fingerprint density at radius 2 is 1.92 bits per heavy atom. The van der Waals surface area contributed by atoms with E-state index >= 15 is 0 Å². The highest BCUT2D eigenvalue weighted by atomic mass is 32.2. The van der Waals surface area contributed by atoms with Gasteiger partial charge in [-0.15, -0.1) is 0 Å². The van der Waals surface area contributed by atoms with Crippen molar-refractivity contribution < 1.29 is 13.2 Å². The van der Waals surface area contributed by atoms with Gasteiger partial charge in [-0.3, -0.25) is 9.69 Å². The highest BCUT2D eigenvalue weighted by Gasteiger charge is 2.32. The van der Waals surface area contributed by atoms with E-state index in [4.69, 9.17) is 0 Å². The molecule has 6 heteroatoms. The summed E-state index contributed by atoms with van der Waals surface area (Å²) >= 11 is 0. The highest BCUT2D eigenvalue weighted by molar-refractivity contribution is 7.91. The van der Waals surface area contributed by atoms with Crippen molar-refractivity contribution >= 4 is 21.6 Å². The second-order valence-corrected chi connectivity index (χ2v) is 9.40. The number of hydrogen-bond donors (Lipinski definition) is 0. The lowest BCUT2D eigenvalue weighted by Crippen LogP contribution is -2.37. The Kier molecular flexibility index (Phi) is 5.54. The second kappa shape index (κ2) is 7.64. The Balaban J connectivity index is 1.70. The number of nitrogens with zero attached hydrogens (tertiary/aromatic N) is 2. The number of carbonyl (C=O) groups is 1. The monoisotopic (exact) mass is 350 g/mol. The lowest BCUT2D eigenvalue weighted by atomic mass is 9.88. The molecule has 3 rings (SSSR count). The van der Waals surface area contributed by atoms with Crippen LogP contribution in [0.25, 0.3) is 0 Å². The molecule has 1 aliphatic carbocycles. The average molecular weight is 350 g/mol. The van der Waals surface area contributed by atoms with E-state index in [1.165, 1.54) is 19.3 Å². The van der Waals surface area contributed by atoms with Crippen LogP contribution in [0.1, 0.15) is 44.9 Å². The molecule has 2 fully saturated rings. The second-order valence-electron chi connectivity index (χ2n) is 7.17. The van der Waals surface area contributed by atoms with Crippen LogP contribution in [0.2, 0.25) is 0 Å². The standard InChI is InChI=1S/C18H26N2O3S/c21-18(12-16-9-11-24(22,23)14-16)20(17-8-4-5-10-19-17)13-15-6-2-1-3-7-15/h4-5,8,10,15-16H,1-3,6-7,9,11-14H2. The molecular weight excluding hydrogens is 324 g/mol. The molecule has 1 atom stereocenters. The van der Waals surface area contributed by atoms with E-state index in [9.17, 15) is 13.2 Å². The van der Waals surface area contributed by atoms with Gasteiger partial charge in [-0.25, -0.2) is 13.4 Å². The van der Waals surface area contributed by atoms with Gasteiger partial charge in [0.2, 0.25) is 5.91 Å². The van der Waals surface area contributed by atoms with Crippen molar-refractivity contribution in [2.45, 2.75) is 44.9 Å². The highest BCUT2D eigenvalue weighted by Crippen LogP contribution is 2.28. The van der Waals surface area contributed by atoms with Crippen molar-refractivity contribution in [2.75, 3.05) is 23.0 Å². The fourth-order valence-electron chi connectivity index (χ4n) is 3.85. The normalized spacial score (nSPS) is 23.9. The number of anilines is 1. The maximum atomic E-state index is 12.9. The molecular formula is C18H26N2O3S. The van der Waals surface area contributed by atoms with E-state index in [0.29, 0.717) is 31.1 Å². The molecule has 1 aliphatic heterocycles. The van der Waals surface area contributed by atoms with Crippen LogP contribution >= 0.6 is 0 Å². The van der Waals surface area contributed by atoms with Crippen LogP contribution in [0.4, 0.5) is 5.82 Å². The van der Waals surface area contributed by atoms with Crippen molar-refractivity contribution in [3.05, 3.63) is 24.4 Å². The Morgan fingerprint density at radius 1 is 1.12 bits per heavy atom. The molecule has 24 heavy (non-hydrogen) atoms. The zero-order chi connectivity index (χ0) is 17.0. The fourth-order valence-corrected chi connectivity index (χ4v) is 5.72. The van der Waals surface area contributed by atoms with Crippen LogP contribution in [0, 0.1) is 11.8 Å². The van der Waals surface area contributed by atoms with Gasteiger partial charge in [-0.1, -0.05) is 25.3 Å². The van der Waals surface area contributed by atoms with Gasteiger partial charge in [-0.05, 0) is 43.2 Å². The summed E-state index contributed by atoms with van der Waals surface area (Å²) in [6.07, 6.45) is 8.69. The van der Waals surface area contributed by atoms with E-state index in [0.717, 1.165) is 12.8 Å². The smallest absolute Gasteiger partial charge is 0.228 e. The first kappa shape index (κ1) is 17.4. The molecule has 2 aliphatic rings. The molecule has 0 bridgehead atoms. The largest absolute Gasteiger partial charge is 0.297 e. The van der Waals surface area contributed by atoms with Crippen molar-refractivity contribution in [1.29, 1.82) is 0 Å². The molecule has 0 N–H and O–H groups in total. The predicted octanol–water partition coefficient (Wildman–Crippen LogP) is 2.82. The molecule has 0 aromatic carbocycles. The number of amides is 1. The van der Waals surface area contributed by atoms with Crippen LogP contribution in [0.3, 0.4) is 0 Å². The van der Waals surface area contributed by atoms with Crippen LogP contribution in [-0.2, 0) is 14.6 Å². The minimum Gasteiger partial charge on any atom is -0.297 e. The first-order valence-electron chi connectivity index (χ1n) is 8.95. The Morgan fingerprint density at radius 3 is 2.54 bits per heavy atom. The van der Waals surface area contributed by atoms with Crippen LogP contribution in [0.5, 0.6) is 0 Å². The predicted molar refractivity (Wildman–Crippen MR) is 94.5 cm³/mol. The van der Waals surface area contributed by atoms with Gasteiger partial charge in [0.1, 0.15) is 5.82 Å². The van der Waals surface area contributed by atoms with E-state index in [1.54, 1.807) is 11.1 Å². The molecule has 0 spiro atoms. The van der Waals surface area contributed by atoms with Crippen LogP contribution < -0.4 is 4.90 Å².